The molecule has 0 saturated carbocycles. The van der Waals surface area contributed by atoms with Crippen molar-refractivity contribution in [1.82, 2.24) is 0 Å². The van der Waals surface area contributed by atoms with Gasteiger partial charge < -0.3 is 11.5 Å². The first-order valence-corrected chi connectivity index (χ1v) is 7.41. The fourth-order valence-corrected chi connectivity index (χ4v) is 3.18. The van der Waals surface area contributed by atoms with E-state index in [2.05, 4.69) is 15.9 Å². The van der Waals surface area contributed by atoms with Gasteiger partial charge >= 0.3 is 0 Å². The van der Waals surface area contributed by atoms with E-state index in [9.17, 15) is 4.79 Å². The Kier molecular flexibility index (Phi) is 4.50. The second kappa shape index (κ2) is 6.12. The Morgan fingerprint density at radius 2 is 1.95 bits per heavy atom. The SMILES string of the molecule is NC(=O)c1ccc(CSc2ccccc2Br)c(N)c1. The number of thioether (sulfide) groups is 1. The molecule has 0 saturated heterocycles. The van der Waals surface area contributed by atoms with Crippen LogP contribution in [0.2, 0.25) is 0 Å². The summed E-state index contributed by atoms with van der Waals surface area (Å²) in [6, 6.07) is 13.2. The molecule has 5 heteroatoms. The van der Waals surface area contributed by atoms with Gasteiger partial charge in [-0.25, -0.2) is 0 Å². The monoisotopic (exact) mass is 336 g/mol. The summed E-state index contributed by atoms with van der Waals surface area (Å²) in [5.74, 6) is 0.282. The fourth-order valence-electron chi connectivity index (χ4n) is 1.60. The molecule has 2 aromatic carbocycles. The summed E-state index contributed by atoms with van der Waals surface area (Å²) in [4.78, 5) is 12.2. The first-order chi connectivity index (χ1) is 9.08. The van der Waals surface area contributed by atoms with Gasteiger partial charge in [-0.05, 0) is 45.8 Å². The number of hydrogen-bond donors (Lipinski definition) is 2. The van der Waals surface area contributed by atoms with E-state index in [-0.39, 0.29) is 0 Å². The number of rotatable bonds is 4. The molecule has 0 aliphatic heterocycles. The largest absolute Gasteiger partial charge is 0.398 e. The quantitative estimate of drug-likeness (QED) is 0.663. The minimum Gasteiger partial charge on any atom is -0.398 e. The predicted octanol–water partition coefficient (Wildman–Crippen LogP) is 3.42. The normalized spacial score (nSPS) is 10.4. The van der Waals surface area contributed by atoms with Crippen LogP contribution in [0.25, 0.3) is 0 Å². The molecular formula is C14H13BrN2OS. The second-order valence-electron chi connectivity index (χ2n) is 4.00. The standard InChI is InChI=1S/C14H13BrN2OS/c15-11-3-1-2-4-13(11)19-8-10-6-5-9(14(17)18)7-12(10)16/h1-7H,8,16H2,(H2,17,18). The minimum atomic E-state index is -0.461. The molecule has 2 rings (SSSR count). The zero-order valence-corrected chi connectivity index (χ0v) is 12.5. The molecule has 0 aliphatic rings. The number of carbonyl (C=O) groups excluding carboxylic acids is 1. The zero-order chi connectivity index (χ0) is 13.8. The molecule has 4 N–H and O–H groups in total. The molecule has 0 spiro atoms. The Hall–Kier alpha value is -1.46. The summed E-state index contributed by atoms with van der Waals surface area (Å²) in [5.41, 5.74) is 13.2. The van der Waals surface area contributed by atoms with Crippen molar-refractivity contribution in [3.8, 4) is 0 Å². The Balaban J connectivity index is 2.12. The van der Waals surface area contributed by atoms with Crippen molar-refractivity contribution in [3.63, 3.8) is 0 Å². The van der Waals surface area contributed by atoms with Gasteiger partial charge in [0.1, 0.15) is 0 Å². The van der Waals surface area contributed by atoms with Gasteiger partial charge in [0.25, 0.3) is 0 Å². The maximum atomic E-state index is 11.0. The van der Waals surface area contributed by atoms with Gasteiger partial charge in [0.2, 0.25) is 5.91 Å². The van der Waals surface area contributed by atoms with E-state index in [1.807, 2.05) is 30.3 Å². The smallest absolute Gasteiger partial charge is 0.248 e. The highest BCUT2D eigenvalue weighted by Gasteiger charge is 2.06. The van der Waals surface area contributed by atoms with Crippen LogP contribution in [-0.4, -0.2) is 5.91 Å². The van der Waals surface area contributed by atoms with E-state index in [1.165, 1.54) is 0 Å². The number of nitrogen functional groups attached to an aromatic ring is 1. The van der Waals surface area contributed by atoms with Crippen LogP contribution in [0.5, 0.6) is 0 Å². The Labute approximate surface area is 124 Å². The highest BCUT2D eigenvalue weighted by Crippen LogP contribution is 2.31. The number of anilines is 1. The molecular weight excluding hydrogens is 324 g/mol. The molecule has 0 bridgehead atoms. The lowest BCUT2D eigenvalue weighted by molar-refractivity contribution is 0.100. The molecule has 19 heavy (non-hydrogen) atoms. The van der Waals surface area contributed by atoms with Crippen LogP contribution in [-0.2, 0) is 5.75 Å². The maximum Gasteiger partial charge on any atom is 0.248 e. The molecule has 0 atom stereocenters. The fraction of sp³-hybridized carbons (Fsp3) is 0.0714. The van der Waals surface area contributed by atoms with Crippen molar-refractivity contribution in [2.24, 2.45) is 5.73 Å². The van der Waals surface area contributed by atoms with Crippen molar-refractivity contribution in [1.29, 1.82) is 0 Å². The molecule has 0 radical (unpaired) electrons. The van der Waals surface area contributed by atoms with Crippen molar-refractivity contribution >= 4 is 39.3 Å². The first kappa shape index (κ1) is 14.0. The van der Waals surface area contributed by atoms with Gasteiger partial charge in [-0.1, -0.05) is 18.2 Å². The second-order valence-corrected chi connectivity index (χ2v) is 5.87. The molecule has 2 aromatic rings. The van der Waals surface area contributed by atoms with Gasteiger partial charge in [0.05, 0.1) is 0 Å². The van der Waals surface area contributed by atoms with Crippen molar-refractivity contribution in [2.75, 3.05) is 5.73 Å². The molecule has 1 amide bonds. The Morgan fingerprint density at radius 1 is 1.21 bits per heavy atom. The van der Waals surface area contributed by atoms with Crippen LogP contribution in [0.4, 0.5) is 5.69 Å². The van der Waals surface area contributed by atoms with Gasteiger partial charge in [-0.15, -0.1) is 11.8 Å². The molecule has 0 aromatic heterocycles. The van der Waals surface area contributed by atoms with Gasteiger partial charge in [-0.2, -0.15) is 0 Å². The van der Waals surface area contributed by atoms with Crippen LogP contribution in [0.1, 0.15) is 15.9 Å². The third-order valence-corrected chi connectivity index (χ3v) is 4.73. The van der Waals surface area contributed by atoms with E-state index >= 15 is 0 Å². The number of halogens is 1. The molecule has 98 valence electrons. The lowest BCUT2D eigenvalue weighted by atomic mass is 10.1. The summed E-state index contributed by atoms with van der Waals surface area (Å²) < 4.78 is 1.06. The van der Waals surface area contributed by atoms with Crippen LogP contribution in [0.15, 0.2) is 51.8 Å². The average Bonchev–Trinajstić information content (AvgIpc) is 2.39. The lowest BCUT2D eigenvalue weighted by Crippen LogP contribution is -2.11. The van der Waals surface area contributed by atoms with Crippen molar-refractivity contribution in [3.05, 3.63) is 58.1 Å². The van der Waals surface area contributed by atoms with Gasteiger partial charge in [0.15, 0.2) is 0 Å². The summed E-state index contributed by atoms with van der Waals surface area (Å²) in [5, 5.41) is 0. The summed E-state index contributed by atoms with van der Waals surface area (Å²) in [7, 11) is 0. The number of amides is 1. The summed E-state index contributed by atoms with van der Waals surface area (Å²) in [6.45, 7) is 0. The number of carbonyl (C=O) groups is 1. The highest BCUT2D eigenvalue weighted by atomic mass is 79.9. The van der Waals surface area contributed by atoms with Crippen molar-refractivity contribution in [2.45, 2.75) is 10.6 Å². The molecule has 0 aliphatic carbocycles. The Morgan fingerprint density at radius 3 is 2.58 bits per heavy atom. The van der Waals surface area contributed by atoms with Crippen LogP contribution in [0.3, 0.4) is 0 Å². The highest BCUT2D eigenvalue weighted by molar-refractivity contribution is 9.10. The molecule has 0 fully saturated rings. The zero-order valence-electron chi connectivity index (χ0n) is 10.1. The number of hydrogen-bond acceptors (Lipinski definition) is 3. The molecule has 3 nitrogen and oxygen atoms in total. The summed E-state index contributed by atoms with van der Waals surface area (Å²) >= 11 is 5.19. The van der Waals surface area contributed by atoms with E-state index in [1.54, 1.807) is 23.9 Å². The van der Waals surface area contributed by atoms with E-state index in [4.69, 9.17) is 11.5 Å². The van der Waals surface area contributed by atoms with Crippen LogP contribution >= 0.6 is 27.7 Å². The minimum absolute atomic E-state index is 0.437. The maximum absolute atomic E-state index is 11.0. The van der Waals surface area contributed by atoms with Gasteiger partial charge in [0, 0.05) is 26.4 Å². The van der Waals surface area contributed by atoms with Crippen LogP contribution in [0, 0.1) is 0 Å². The molecule has 0 heterocycles. The van der Waals surface area contributed by atoms with Crippen LogP contribution < -0.4 is 11.5 Å². The van der Waals surface area contributed by atoms with E-state index < -0.39 is 5.91 Å². The van der Waals surface area contributed by atoms with Crippen molar-refractivity contribution < 1.29 is 4.79 Å². The third kappa shape index (κ3) is 3.52. The molecule has 0 unspecified atom stereocenters. The topological polar surface area (TPSA) is 69.1 Å². The lowest BCUT2D eigenvalue weighted by Gasteiger charge is -2.08. The van der Waals surface area contributed by atoms with Gasteiger partial charge in [-0.3, -0.25) is 4.79 Å². The van der Waals surface area contributed by atoms with E-state index in [0.717, 1.165) is 20.7 Å². The number of nitrogens with two attached hydrogens (primary N) is 2. The summed E-state index contributed by atoms with van der Waals surface area (Å²) in [6.07, 6.45) is 0. The average molecular weight is 337 g/mol. The third-order valence-electron chi connectivity index (χ3n) is 2.65. The predicted molar refractivity (Wildman–Crippen MR) is 83.1 cm³/mol. The number of benzene rings is 2. The Bertz CT molecular complexity index is 616. The van der Waals surface area contributed by atoms with E-state index in [0.29, 0.717) is 11.3 Å². The first-order valence-electron chi connectivity index (χ1n) is 5.63. The number of primary amides is 1.